The molecule has 1 N–H and O–H groups in total. The van der Waals surface area contributed by atoms with Crippen molar-refractivity contribution in [2.24, 2.45) is 0 Å². The molecule has 2 aliphatic rings. The van der Waals surface area contributed by atoms with Gasteiger partial charge in [0, 0.05) is 0 Å². The number of aryl methyl sites for hydroxylation is 1. The molecule has 0 spiro atoms. The summed E-state index contributed by atoms with van der Waals surface area (Å²) in [7, 11) is -3.26. The third kappa shape index (κ3) is 3.54. The quantitative estimate of drug-likeness (QED) is 0.679. The van der Waals surface area contributed by atoms with Crippen molar-refractivity contribution < 1.29 is 17.7 Å². The second-order valence-electron chi connectivity index (χ2n) is 6.42. The third-order valence-corrected chi connectivity index (χ3v) is 5.81. The Balaban J connectivity index is 1.60. The van der Waals surface area contributed by atoms with E-state index >= 15 is 0 Å². The lowest BCUT2D eigenvalue weighted by atomic mass is 10.0. The van der Waals surface area contributed by atoms with Gasteiger partial charge in [-0.15, -0.1) is 0 Å². The molecule has 1 atom stereocenters. The minimum Gasteiger partial charge on any atom is -0.486 e. The molecule has 0 bridgehead atoms. The zero-order valence-corrected chi connectivity index (χ0v) is 14.7. The summed E-state index contributed by atoms with van der Waals surface area (Å²) in [6.45, 7) is 0.466. The number of allylic oxidation sites excluding steroid dienone is 1. The first-order chi connectivity index (χ1) is 12.1. The van der Waals surface area contributed by atoms with E-state index in [4.69, 9.17) is 4.74 Å². The second kappa shape index (κ2) is 6.52. The number of nitrogens with one attached hydrogen (secondary N) is 1. The van der Waals surface area contributed by atoms with Crippen molar-refractivity contribution in [1.82, 2.24) is 0 Å². The first kappa shape index (κ1) is 16.1. The number of rotatable bonds is 3. The Morgan fingerprint density at radius 2 is 2.00 bits per heavy atom. The molecule has 0 fully saturated rings. The summed E-state index contributed by atoms with van der Waals surface area (Å²) in [5, 5.41) is 0. The fourth-order valence-corrected chi connectivity index (χ4v) is 4.33. The second-order valence-corrected chi connectivity index (χ2v) is 8.27. The van der Waals surface area contributed by atoms with E-state index in [2.05, 4.69) is 16.9 Å². The van der Waals surface area contributed by atoms with Crippen molar-refractivity contribution >= 4 is 15.8 Å². The highest BCUT2D eigenvalue weighted by atomic mass is 32.2. The summed E-state index contributed by atoms with van der Waals surface area (Å²) in [5.41, 5.74) is 1.83. The minimum atomic E-state index is -3.26. The maximum Gasteiger partial charge on any atom is 0.302 e. The van der Waals surface area contributed by atoms with Gasteiger partial charge >= 0.3 is 10.0 Å². The van der Waals surface area contributed by atoms with E-state index in [0.29, 0.717) is 12.4 Å². The van der Waals surface area contributed by atoms with Crippen LogP contribution in [0.25, 0.3) is 11.1 Å². The van der Waals surface area contributed by atoms with Gasteiger partial charge in [-0.1, -0.05) is 18.2 Å². The predicted octanol–water partition coefficient (Wildman–Crippen LogP) is 2.88. The summed E-state index contributed by atoms with van der Waals surface area (Å²) in [6.07, 6.45) is 9.67. The van der Waals surface area contributed by atoms with E-state index in [-0.39, 0.29) is 11.9 Å². The van der Waals surface area contributed by atoms with Gasteiger partial charge in [0.2, 0.25) is 0 Å². The standard InChI is InChI=1S/C19H20N2O3S/c22-25(23)14-13-21-12-4-7-18(19(21)20-25)15-8-10-17(11-9-15)24-16-5-2-1-3-6-16/h2,4-5,7-12,16H,1,3,6,13-14H2/p+1. The highest BCUT2D eigenvalue weighted by Crippen LogP contribution is 2.29. The topological polar surface area (TPSA) is 59.3 Å². The van der Waals surface area contributed by atoms with Gasteiger partial charge in [-0.05, 0) is 55.2 Å². The van der Waals surface area contributed by atoms with Crippen molar-refractivity contribution in [3.05, 3.63) is 54.7 Å². The van der Waals surface area contributed by atoms with Gasteiger partial charge in [0.05, 0.1) is 11.8 Å². The summed E-state index contributed by atoms with van der Waals surface area (Å²) >= 11 is 0. The van der Waals surface area contributed by atoms with Crippen LogP contribution in [0.1, 0.15) is 19.3 Å². The number of aromatic nitrogens is 1. The molecule has 0 saturated heterocycles. The molecular formula is C19H21N2O3S+. The summed E-state index contributed by atoms with van der Waals surface area (Å²) in [4.78, 5) is 0. The van der Waals surface area contributed by atoms with Gasteiger partial charge in [-0.25, -0.2) is 4.57 Å². The zero-order chi connectivity index (χ0) is 17.3. The molecule has 2 aromatic rings. The SMILES string of the molecule is O=S1(=O)CC[n+]2cccc(-c3ccc(OC4C=CCCC4)cc3)c2N1. The Kier molecular flexibility index (Phi) is 4.21. The molecule has 1 aliphatic heterocycles. The number of hydrogen-bond donors (Lipinski definition) is 1. The third-order valence-electron chi connectivity index (χ3n) is 4.59. The largest absolute Gasteiger partial charge is 0.486 e. The van der Waals surface area contributed by atoms with Gasteiger partial charge in [0.25, 0.3) is 5.82 Å². The molecule has 1 unspecified atom stereocenters. The molecule has 130 valence electrons. The van der Waals surface area contributed by atoms with E-state index in [1.54, 1.807) is 0 Å². The van der Waals surface area contributed by atoms with Gasteiger partial charge in [0.1, 0.15) is 24.2 Å². The van der Waals surface area contributed by atoms with Crippen LogP contribution in [0.2, 0.25) is 0 Å². The monoisotopic (exact) mass is 357 g/mol. The number of fused-ring (bicyclic) bond motifs is 1. The molecule has 4 rings (SSSR count). The fraction of sp³-hybridized carbons (Fsp3) is 0.316. The van der Waals surface area contributed by atoms with Gasteiger partial charge in [0.15, 0.2) is 0 Å². The molecule has 1 aromatic carbocycles. The highest BCUT2D eigenvalue weighted by Gasteiger charge is 2.29. The number of benzene rings is 1. The van der Waals surface area contributed by atoms with Crippen LogP contribution in [0.4, 0.5) is 5.82 Å². The number of hydrogen-bond acceptors (Lipinski definition) is 3. The lowest BCUT2D eigenvalue weighted by Gasteiger charge is -2.19. The number of sulfonamides is 1. The molecule has 0 saturated carbocycles. The van der Waals surface area contributed by atoms with Gasteiger partial charge in [-0.2, -0.15) is 13.1 Å². The van der Waals surface area contributed by atoms with E-state index < -0.39 is 10.0 Å². The molecule has 0 radical (unpaired) electrons. The van der Waals surface area contributed by atoms with Crippen LogP contribution in [0.3, 0.4) is 0 Å². The van der Waals surface area contributed by atoms with Crippen molar-refractivity contribution in [2.45, 2.75) is 31.9 Å². The van der Waals surface area contributed by atoms with Crippen molar-refractivity contribution in [1.29, 1.82) is 0 Å². The minimum absolute atomic E-state index is 0.107. The highest BCUT2D eigenvalue weighted by molar-refractivity contribution is 7.92. The normalized spacial score (nSPS) is 21.2. The summed E-state index contributed by atoms with van der Waals surface area (Å²) < 4.78 is 34.4. The Hall–Kier alpha value is -2.34. The maximum atomic E-state index is 11.9. The van der Waals surface area contributed by atoms with E-state index in [1.807, 2.05) is 47.2 Å². The van der Waals surface area contributed by atoms with E-state index in [1.165, 1.54) is 0 Å². The van der Waals surface area contributed by atoms with Crippen molar-refractivity contribution in [3.63, 3.8) is 0 Å². The van der Waals surface area contributed by atoms with Crippen LogP contribution in [0.15, 0.2) is 54.7 Å². The number of anilines is 1. The molecular weight excluding hydrogens is 336 g/mol. The average molecular weight is 357 g/mol. The molecule has 2 heterocycles. The van der Waals surface area contributed by atoms with E-state index in [9.17, 15) is 8.42 Å². The molecule has 1 aliphatic carbocycles. The number of ether oxygens (including phenoxy) is 1. The Labute approximate surface area is 148 Å². The molecule has 6 heteroatoms. The summed E-state index contributed by atoms with van der Waals surface area (Å²) in [5.74, 6) is 1.56. The first-order valence-electron chi connectivity index (χ1n) is 8.57. The molecule has 0 amide bonds. The fourth-order valence-electron chi connectivity index (χ4n) is 3.27. The van der Waals surface area contributed by atoms with Crippen LogP contribution in [-0.2, 0) is 16.6 Å². The van der Waals surface area contributed by atoms with Crippen LogP contribution < -0.4 is 14.0 Å². The Morgan fingerprint density at radius 3 is 2.76 bits per heavy atom. The van der Waals surface area contributed by atoms with Crippen LogP contribution in [0.5, 0.6) is 5.75 Å². The average Bonchev–Trinajstić information content (AvgIpc) is 2.62. The molecule has 1 aromatic heterocycles. The Morgan fingerprint density at radius 1 is 1.16 bits per heavy atom. The van der Waals surface area contributed by atoms with Gasteiger partial charge in [-0.3, -0.25) is 0 Å². The van der Waals surface area contributed by atoms with Crippen molar-refractivity contribution in [2.75, 3.05) is 10.5 Å². The van der Waals surface area contributed by atoms with E-state index in [0.717, 1.165) is 36.1 Å². The first-order valence-corrected chi connectivity index (χ1v) is 10.2. The predicted molar refractivity (Wildman–Crippen MR) is 96.9 cm³/mol. The maximum absolute atomic E-state index is 11.9. The zero-order valence-electron chi connectivity index (χ0n) is 13.9. The smallest absolute Gasteiger partial charge is 0.302 e. The molecule has 5 nitrogen and oxygen atoms in total. The van der Waals surface area contributed by atoms with Crippen molar-refractivity contribution in [3.8, 4) is 16.9 Å². The number of nitrogens with zero attached hydrogens (tertiary/aromatic N) is 1. The number of pyridine rings is 1. The summed E-state index contributed by atoms with van der Waals surface area (Å²) in [6, 6.07) is 11.7. The van der Waals surface area contributed by atoms with Crippen LogP contribution in [0, 0.1) is 0 Å². The van der Waals surface area contributed by atoms with Gasteiger partial charge < -0.3 is 4.74 Å². The lowest BCUT2D eigenvalue weighted by Crippen LogP contribution is -2.47. The molecule has 25 heavy (non-hydrogen) atoms. The lowest BCUT2D eigenvalue weighted by molar-refractivity contribution is -0.679. The van der Waals surface area contributed by atoms with Crippen LogP contribution in [-0.4, -0.2) is 20.3 Å². The Bertz CT molecular complexity index is 905. The van der Waals surface area contributed by atoms with Crippen LogP contribution >= 0.6 is 0 Å².